The zero-order valence-electron chi connectivity index (χ0n) is 23.3. The van der Waals surface area contributed by atoms with Crippen molar-refractivity contribution in [2.75, 3.05) is 51.2 Å². The number of anilines is 1. The van der Waals surface area contributed by atoms with E-state index in [1.165, 1.54) is 6.07 Å². The van der Waals surface area contributed by atoms with E-state index in [1.54, 1.807) is 28.0 Å². The van der Waals surface area contributed by atoms with E-state index in [4.69, 9.17) is 23.2 Å². The number of hydrogen-bond donors (Lipinski definition) is 0. The van der Waals surface area contributed by atoms with E-state index in [1.807, 2.05) is 36.2 Å². The molecule has 43 heavy (non-hydrogen) atoms. The number of likely N-dealkylation sites (tertiary alicyclic amines) is 1. The Hall–Kier alpha value is -3.52. The van der Waals surface area contributed by atoms with E-state index in [0.717, 1.165) is 23.4 Å². The fourth-order valence-corrected chi connectivity index (χ4v) is 6.24. The lowest BCUT2D eigenvalue weighted by molar-refractivity contribution is -0.140. The average Bonchev–Trinajstić information content (AvgIpc) is 3.43. The predicted molar refractivity (Wildman–Crippen MR) is 158 cm³/mol. The highest BCUT2D eigenvalue weighted by molar-refractivity contribution is 6.42. The molecule has 0 radical (unpaired) electrons. The van der Waals surface area contributed by atoms with Crippen LogP contribution in [-0.2, 0) is 12.7 Å². The average molecular weight is 635 g/mol. The predicted octanol–water partition coefficient (Wildman–Crippen LogP) is 6.86. The molecule has 2 fully saturated rings. The minimum atomic E-state index is -4.77. The number of likely N-dealkylation sites (N-methyl/N-ethyl adjacent to an activating group) is 1. The van der Waals surface area contributed by atoms with Gasteiger partial charge in [-0.3, -0.25) is 4.90 Å². The second-order valence-electron chi connectivity index (χ2n) is 10.9. The Balaban J connectivity index is 1.32. The van der Waals surface area contributed by atoms with Gasteiger partial charge in [0, 0.05) is 57.8 Å². The van der Waals surface area contributed by atoms with Gasteiger partial charge in [-0.15, -0.1) is 0 Å². The summed E-state index contributed by atoms with van der Waals surface area (Å²) in [6, 6.07) is 17.5. The second-order valence-corrected chi connectivity index (χ2v) is 11.7. The second kappa shape index (κ2) is 12.6. The molecule has 3 aromatic rings. The van der Waals surface area contributed by atoms with Crippen molar-refractivity contribution in [1.82, 2.24) is 14.7 Å². The van der Waals surface area contributed by atoms with Gasteiger partial charge < -0.3 is 14.7 Å². The SMILES string of the molecule is CN(Cc1ccc(C(F)(F)F)c(F)c1)[C@H]1CN(C(=O)N2CCN(c3ccccc3C#N)CC2)C[C@@H]1c1ccc(Cl)c(Cl)c1. The number of halogens is 6. The van der Waals surface area contributed by atoms with Crippen molar-refractivity contribution in [3.63, 3.8) is 0 Å². The standard InChI is InChI=1S/C31H29Cl2F4N5O/c1-39(17-20-6-8-24(27(34)14-20)31(35,36)37)29-19-42(18-23(29)21-7-9-25(32)26(33)15-21)30(43)41-12-10-40(11-13-41)28-5-3-2-4-22(28)16-38/h2-9,14-15,23,29H,10-13,17-19H2,1H3/t23-,29+/m1/s1. The molecule has 0 unspecified atom stereocenters. The first kappa shape index (κ1) is 30.9. The summed E-state index contributed by atoms with van der Waals surface area (Å²) >= 11 is 12.5. The van der Waals surface area contributed by atoms with Gasteiger partial charge in [0.25, 0.3) is 0 Å². The van der Waals surface area contributed by atoms with Crippen LogP contribution < -0.4 is 4.90 Å². The number of nitriles is 1. The van der Waals surface area contributed by atoms with Crippen molar-refractivity contribution in [3.8, 4) is 6.07 Å². The van der Waals surface area contributed by atoms with Crippen LogP contribution in [0.25, 0.3) is 0 Å². The minimum absolute atomic E-state index is 0.116. The van der Waals surface area contributed by atoms with Crippen LogP contribution in [0.4, 0.5) is 28.0 Å². The lowest BCUT2D eigenvalue weighted by atomic mass is 9.93. The highest BCUT2D eigenvalue weighted by Crippen LogP contribution is 2.36. The maximum Gasteiger partial charge on any atom is 0.419 e. The van der Waals surface area contributed by atoms with E-state index >= 15 is 0 Å². The molecule has 0 aliphatic carbocycles. The maximum absolute atomic E-state index is 14.3. The lowest BCUT2D eigenvalue weighted by Crippen LogP contribution is -2.53. The Bertz CT molecular complexity index is 1540. The number of benzene rings is 3. The third-order valence-electron chi connectivity index (χ3n) is 8.18. The fourth-order valence-electron chi connectivity index (χ4n) is 5.93. The number of carbonyl (C=O) groups is 1. The molecule has 0 bridgehead atoms. The number of carbonyl (C=O) groups excluding carboxylic acids is 1. The van der Waals surface area contributed by atoms with Gasteiger partial charge in [0.2, 0.25) is 0 Å². The number of rotatable bonds is 5. The quantitative estimate of drug-likeness (QED) is 0.288. The van der Waals surface area contributed by atoms with Crippen LogP contribution in [0.5, 0.6) is 0 Å². The summed E-state index contributed by atoms with van der Waals surface area (Å²) in [7, 11) is 1.81. The first-order valence-corrected chi connectivity index (χ1v) is 14.5. The number of amides is 2. The van der Waals surface area contributed by atoms with E-state index in [9.17, 15) is 27.6 Å². The van der Waals surface area contributed by atoms with E-state index < -0.39 is 17.6 Å². The molecule has 2 saturated heterocycles. The molecular weight excluding hydrogens is 605 g/mol. The smallest absolute Gasteiger partial charge is 0.367 e. The van der Waals surface area contributed by atoms with Crippen LogP contribution in [-0.4, -0.2) is 73.1 Å². The first-order chi connectivity index (χ1) is 20.5. The van der Waals surface area contributed by atoms with E-state index in [-0.39, 0.29) is 24.5 Å². The van der Waals surface area contributed by atoms with Gasteiger partial charge in [-0.05, 0) is 54.6 Å². The van der Waals surface area contributed by atoms with Crippen LogP contribution in [0, 0.1) is 17.1 Å². The number of piperazine rings is 1. The summed E-state index contributed by atoms with van der Waals surface area (Å²) in [4.78, 5) is 21.3. The normalized spacial score (nSPS) is 19.2. The molecule has 226 valence electrons. The van der Waals surface area contributed by atoms with Crippen molar-refractivity contribution >= 4 is 34.9 Å². The Morgan fingerprint density at radius 2 is 1.70 bits per heavy atom. The van der Waals surface area contributed by atoms with Crippen LogP contribution >= 0.6 is 23.2 Å². The van der Waals surface area contributed by atoms with Crippen LogP contribution in [0.15, 0.2) is 60.7 Å². The molecule has 2 atom stereocenters. The summed E-state index contributed by atoms with van der Waals surface area (Å²) < 4.78 is 53.5. The van der Waals surface area contributed by atoms with Gasteiger partial charge in [0.15, 0.2) is 0 Å². The largest absolute Gasteiger partial charge is 0.419 e. The molecule has 0 spiro atoms. The highest BCUT2D eigenvalue weighted by Gasteiger charge is 2.41. The molecule has 2 aliphatic heterocycles. The summed E-state index contributed by atoms with van der Waals surface area (Å²) in [5.74, 6) is -1.49. The molecule has 0 aromatic heterocycles. The zero-order chi connectivity index (χ0) is 30.9. The maximum atomic E-state index is 14.3. The highest BCUT2D eigenvalue weighted by atomic mass is 35.5. The van der Waals surface area contributed by atoms with Gasteiger partial charge in [-0.1, -0.05) is 47.5 Å². The number of urea groups is 1. The Morgan fingerprint density at radius 3 is 2.35 bits per heavy atom. The zero-order valence-corrected chi connectivity index (χ0v) is 24.8. The third-order valence-corrected chi connectivity index (χ3v) is 8.92. The number of hydrogen-bond acceptors (Lipinski definition) is 4. The number of alkyl halides is 3. The third kappa shape index (κ3) is 6.69. The van der Waals surface area contributed by atoms with E-state index in [2.05, 4.69) is 11.0 Å². The summed E-state index contributed by atoms with van der Waals surface area (Å²) in [6.07, 6.45) is -4.77. The fraction of sp³-hybridized carbons (Fsp3) is 0.355. The van der Waals surface area contributed by atoms with Gasteiger partial charge in [-0.25, -0.2) is 9.18 Å². The summed E-state index contributed by atoms with van der Waals surface area (Å²) in [5.41, 5.74) is 1.39. The first-order valence-electron chi connectivity index (χ1n) is 13.7. The minimum Gasteiger partial charge on any atom is -0.367 e. The van der Waals surface area contributed by atoms with Gasteiger partial charge >= 0.3 is 12.2 Å². The molecule has 5 rings (SSSR count). The molecule has 0 saturated carbocycles. The molecule has 0 N–H and O–H groups in total. The lowest BCUT2D eigenvalue weighted by Gasteiger charge is -2.38. The topological polar surface area (TPSA) is 53.8 Å². The summed E-state index contributed by atoms with van der Waals surface area (Å²) in [6.45, 7) is 3.06. The molecule has 2 heterocycles. The van der Waals surface area contributed by atoms with Crippen LogP contribution in [0.3, 0.4) is 0 Å². The van der Waals surface area contributed by atoms with Gasteiger partial charge in [0.05, 0.1) is 26.9 Å². The van der Waals surface area contributed by atoms with Crippen molar-refractivity contribution < 1.29 is 22.4 Å². The Labute approximate surface area is 257 Å². The van der Waals surface area contributed by atoms with E-state index in [0.29, 0.717) is 60.4 Å². The van der Waals surface area contributed by atoms with Crippen molar-refractivity contribution in [3.05, 3.63) is 98.8 Å². The monoisotopic (exact) mass is 633 g/mol. The molecule has 6 nitrogen and oxygen atoms in total. The summed E-state index contributed by atoms with van der Waals surface area (Å²) in [5, 5.41) is 10.3. The van der Waals surface area contributed by atoms with Crippen molar-refractivity contribution in [2.45, 2.75) is 24.7 Å². The molecule has 2 aliphatic rings. The van der Waals surface area contributed by atoms with Crippen molar-refractivity contribution in [2.24, 2.45) is 0 Å². The van der Waals surface area contributed by atoms with Gasteiger partial charge in [-0.2, -0.15) is 18.4 Å². The molecule has 2 amide bonds. The number of nitrogens with zero attached hydrogens (tertiary/aromatic N) is 5. The van der Waals surface area contributed by atoms with Crippen LogP contribution in [0.2, 0.25) is 10.0 Å². The van der Waals surface area contributed by atoms with Gasteiger partial charge in [0.1, 0.15) is 11.9 Å². The Kier molecular flexibility index (Phi) is 9.07. The number of para-hydroxylation sites is 1. The molecule has 3 aromatic carbocycles. The Morgan fingerprint density at radius 1 is 0.977 bits per heavy atom. The molecular formula is C31H29Cl2F4N5O. The van der Waals surface area contributed by atoms with Crippen molar-refractivity contribution in [1.29, 1.82) is 5.26 Å². The molecule has 12 heteroatoms. The van der Waals surface area contributed by atoms with Crippen LogP contribution in [0.1, 0.15) is 28.2 Å².